The van der Waals surface area contributed by atoms with Gasteiger partial charge < -0.3 is 4.74 Å². The van der Waals surface area contributed by atoms with Crippen molar-refractivity contribution in [1.82, 2.24) is 0 Å². The van der Waals surface area contributed by atoms with Crippen LogP contribution < -0.4 is 0 Å². The first-order chi connectivity index (χ1) is 5.27. The number of hydrogen-bond donors (Lipinski definition) is 0. The fourth-order valence-electron chi connectivity index (χ4n) is 1.83. The maximum absolute atomic E-state index is 5.59. The minimum Gasteiger partial charge on any atom is -0.365 e. The Morgan fingerprint density at radius 1 is 1.36 bits per heavy atom. The monoisotopic (exact) mass is 150 g/mol. The van der Waals surface area contributed by atoms with E-state index in [1.165, 1.54) is 29.6 Å². The third kappa shape index (κ3) is 1.14. The second-order valence-corrected chi connectivity index (χ2v) is 3.55. The summed E-state index contributed by atoms with van der Waals surface area (Å²) >= 11 is 0. The SMILES string of the molecule is CC1=C[C@H]2OCC(C)=C2CC1. The van der Waals surface area contributed by atoms with Gasteiger partial charge in [0.05, 0.1) is 12.7 Å². The summed E-state index contributed by atoms with van der Waals surface area (Å²) in [4.78, 5) is 0. The minimum absolute atomic E-state index is 0.337. The molecule has 0 N–H and O–H groups in total. The Labute approximate surface area is 67.7 Å². The fraction of sp³-hybridized carbons (Fsp3) is 0.600. The zero-order valence-electron chi connectivity index (χ0n) is 7.18. The Morgan fingerprint density at radius 2 is 2.18 bits per heavy atom. The first-order valence-corrected chi connectivity index (χ1v) is 4.25. The highest BCUT2D eigenvalue weighted by Crippen LogP contribution is 2.32. The van der Waals surface area contributed by atoms with Crippen LogP contribution in [0.1, 0.15) is 26.7 Å². The zero-order valence-corrected chi connectivity index (χ0v) is 7.18. The van der Waals surface area contributed by atoms with E-state index in [0.717, 1.165) is 6.61 Å². The summed E-state index contributed by atoms with van der Waals surface area (Å²) in [6, 6.07) is 0. The summed E-state index contributed by atoms with van der Waals surface area (Å²) in [5.74, 6) is 0. The van der Waals surface area contributed by atoms with E-state index in [1.54, 1.807) is 0 Å². The highest BCUT2D eigenvalue weighted by molar-refractivity contribution is 5.31. The van der Waals surface area contributed by atoms with Gasteiger partial charge in [-0.15, -0.1) is 0 Å². The van der Waals surface area contributed by atoms with Crippen LogP contribution in [0.15, 0.2) is 22.8 Å². The van der Waals surface area contributed by atoms with Gasteiger partial charge in [-0.05, 0) is 37.8 Å². The smallest absolute Gasteiger partial charge is 0.0977 e. The molecule has 0 radical (unpaired) electrons. The lowest BCUT2D eigenvalue weighted by Crippen LogP contribution is -2.11. The van der Waals surface area contributed by atoms with Gasteiger partial charge in [-0.25, -0.2) is 0 Å². The van der Waals surface area contributed by atoms with E-state index in [-0.39, 0.29) is 0 Å². The van der Waals surface area contributed by atoms with E-state index in [0.29, 0.717) is 6.10 Å². The van der Waals surface area contributed by atoms with Crippen LogP contribution in [0.25, 0.3) is 0 Å². The Bertz CT molecular complexity index is 235. The average molecular weight is 150 g/mol. The van der Waals surface area contributed by atoms with Gasteiger partial charge in [-0.3, -0.25) is 0 Å². The van der Waals surface area contributed by atoms with E-state index in [2.05, 4.69) is 19.9 Å². The molecule has 2 rings (SSSR count). The van der Waals surface area contributed by atoms with Crippen LogP contribution in [-0.4, -0.2) is 12.7 Å². The van der Waals surface area contributed by atoms with Crippen molar-refractivity contribution >= 4 is 0 Å². The molecule has 0 saturated carbocycles. The summed E-state index contributed by atoms with van der Waals surface area (Å²) < 4.78 is 5.59. The molecule has 0 bridgehead atoms. The molecule has 0 aromatic rings. The number of hydrogen-bond acceptors (Lipinski definition) is 1. The van der Waals surface area contributed by atoms with E-state index >= 15 is 0 Å². The van der Waals surface area contributed by atoms with Gasteiger partial charge in [0, 0.05) is 0 Å². The molecule has 0 saturated heterocycles. The average Bonchev–Trinajstić information content (AvgIpc) is 2.32. The minimum atomic E-state index is 0.337. The normalized spacial score (nSPS) is 30.4. The lowest BCUT2D eigenvalue weighted by molar-refractivity contribution is 0.148. The molecular weight excluding hydrogens is 136 g/mol. The van der Waals surface area contributed by atoms with Crippen LogP contribution in [0, 0.1) is 0 Å². The Hall–Kier alpha value is -0.560. The van der Waals surface area contributed by atoms with Crippen molar-refractivity contribution in [2.75, 3.05) is 6.61 Å². The molecule has 1 aliphatic carbocycles. The predicted molar refractivity (Wildman–Crippen MR) is 45.4 cm³/mol. The van der Waals surface area contributed by atoms with E-state index in [1.807, 2.05) is 0 Å². The van der Waals surface area contributed by atoms with Crippen molar-refractivity contribution in [1.29, 1.82) is 0 Å². The van der Waals surface area contributed by atoms with Crippen molar-refractivity contribution < 1.29 is 4.74 Å². The van der Waals surface area contributed by atoms with Gasteiger partial charge in [-0.2, -0.15) is 0 Å². The van der Waals surface area contributed by atoms with Crippen LogP contribution in [0.2, 0.25) is 0 Å². The summed E-state index contributed by atoms with van der Waals surface area (Å²) in [7, 11) is 0. The molecule has 60 valence electrons. The molecule has 0 unspecified atom stereocenters. The van der Waals surface area contributed by atoms with E-state index < -0.39 is 0 Å². The van der Waals surface area contributed by atoms with Crippen molar-refractivity contribution in [3.8, 4) is 0 Å². The lowest BCUT2D eigenvalue weighted by atomic mass is 9.92. The largest absolute Gasteiger partial charge is 0.365 e. The maximum Gasteiger partial charge on any atom is 0.0977 e. The molecule has 0 amide bonds. The molecule has 1 nitrogen and oxygen atoms in total. The van der Waals surface area contributed by atoms with Crippen molar-refractivity contribution in [3.63, 3.8) is 0 Å². The van der Waals surface area contributed by atoms with E-state index in [4.69, 9.17) is 4.74 Å². The molecule has 0 aromatic heterocycles. The topological polar surface area (TPSA) is 9.23 Å². The highest BCUT2D eigenvalue weighted by Gasteiger charge is 2.24. The highest BCUT2D eigenvalue weighted by atomic mass is 16.5. The van der Waals surface area contributed by atoms with Gasteiger partial charge in [0.2, 0.25) is 0 Å². The number of ether oxygens (including phenoxy) is 1. The molecule has 1 heterocycles. The first kappa shape index (κ1) is 7.11. The van der Waals surface area contributed by atoms with Crippen LogP contribution in [0.5, 0.6) is 0 Å². The molecule has 0 aromatic carbocycles. The molecule has 0 fully saturated rings. The molecular formula is C10H14O. The quantitative estimate of drug-likeness (QED) is 0.482. The summed E-state index contributed by atoms with van der Waals surface area (Å²) in [5.41, 5.74) is 4.47. The van der Waals surface area contributed by atoms with Crippen LogP contribution in [0.3, 0.4) is 0 Å². The number of fused-ring (bicyclic) bond motifs is 1. The molecule has 1 atom stereocenters. The first-order valence-electron chi connectivity index (χ1n) is 4.25. The van der Waals surface area contributed by atoms with Crippen LogP contribution in [0.4, 0.5) is 0 Å². The van der Waals surface area contributed by atoms with Gasteiger partial charge in [0.15, 0.2) is 0 Å². The number of rotatable bonds is 0. The summed E-state index contributed by atoms with van der Waals surface area (Å²) in [6.07, 6.45) is 5.05. The van der Waals surface area contributed by atoms with Gasteiger partial charge in [0.1, 0.15) is 0 Å². The third-order valence-corrected chi connectivity index (χ3v) is 2.60. The molecule has 1 heteroatoms. The van der Waals surface area contributed by atoms with Crippen molar-refractivity contribution in [2.24, 2.45) is 0 Å². The summed E-state index contributed by atoms with van der Waals surface area (Å²) in [6.45, 7) is 5.22. The summed E-state index contributed by atoms with van der Waals surface area (Å²) in [5, 5.41) is 0. The molecule has 0 spiro atoms. The van der Waals surface area contributed by atoms with Gasteiger partial charge in [-0.1, -0.05) is 11.6 Å². The molecule has 1 aliphatic heterocycles. The molecule has 2 aliphatic rings. The maximum atomic E-state index is 5.59. The van der Waals surface area contributed by atoms with Crippen molar-refractivity contribution in [2.45, 2.75) is 32.8 Å². The second-order valence-electron chi connectivity index (χ2n) is 3.55. The van der Waals surface area contributed by atoms with Crippen LogP contribution in [-0.2, 0) is 4.74 Å². The second kappa shape index (κ2) is 2.49. The predicted octanol–water partition coefficient (Wildman–Crippen LogP) is 2.44. The Kier molecular flexibility index (Phi) is 1.61. The van der Waals surface area contributed by atoms with Crippen molar-refractivity contribution in [3.05, 3.63) is 22.8 Å². The number of allylic oxidation sites excluding steroid dienone is 1. The zero-order chi connectivity index (χ0) is 7.84. The Morgan fingerprint density at radius 3 is 3.00 bits per heavy atom. The lowest BCUT2D eigenvalue weighted by Gasteiger charge is -2.17. The van der Waals surface area contributed by atoms with E-state index in [9.17, 15) is 0 Å². The molecule has 11 heavy (non-hydrogen) atoms. The standard InChI is InChI=1S/C10H14O/c1-7-3-4-9-8(2)6-11-10(9)5-7/h5,10H,3-4,6H2,1-2H3/t10-/m1/s1. The fourth-order valence-corrected chi connectivity index (χ4v) is 1.83. The van der Waals surface area contributed by atoms with Crippen LogP contribution >= 0.6 is 0 Å². The van der Waals surface area contributed by atoms with Gasteiger partial charge in [0.25, 0.3) is 0 Å². The Balaban J connectivity index is 2.30. The van der Waals surface area contributed by atoms with Gasteiger partial charge >= 0.3 is 0 Å². The third-order valence-electron chi connectivity index (χ3n) is 2.60.